The van der Waals surface area contributed by atoms with Gasteiger partial charge in [-0.15, -0.1) is 0 Å². The van der Waals surface area contributed by atoms with Crippen molar-refractivity contribution in [2.45, 2.75) is 32.2 Å². The van der Waals surface area contributed by atoms with Gasteiger partial charge in [0.2, 0.25) is 0 Å². The number of nitrogens with zero attached hydrogens (tertiary/aromatic N) is 2. The highest BCUT2D eigenvalue weighted by Crippen LogP contribution is 2.24. The van der Waals surface area contributed by atoms with Crippen LogP contribution in [0.25, 0.3) is 0 Å². The Labute approximate surface area is 118 Å². The minimum absolute atomic E-state index is 0.560. The predicted octanol–water partition coefficient (Wildman–Crippen LogP) is 3.08. The third-order valence-electron chi connectivity index (χ3n) is 3.45. The summed E-state index contributed by atoms with van der Waals surface area (Å²) < 4.78 is 0. The minimum Gasteiger partial charge on any atom is -0.399 e. The first-order valence-electron chi connectivity index (χ1n) is 6.94. The van der Waals surface area contributed by atoms with E-state index in [0.29, 0.717) is 6.04 Å². The van der Waals surface area contributed by atoms with Crippen LogP contribution in [0.5, 0.6) is 0 Å². The van der Waals surface area contributed by atoms with Gasteiger partial charge in [0.15, 0.2) is 0 Å². The molecule has 0 amide bonds. The maximum absolute atomic E-state index is 5.78. The zero-order valence-corrected chi connectivity index (χ0v) is 11.6. The van der Waals surface area contributed by atoms with E-state index in [0.717, 1.165) is 28.8 Å². The molecule has 0 spiro atoms. The SMILES string of the molecule is Cc1nc(Nc2cccc(N)c2)cc(NC2CCC2)n1. The molecule has 0 aliphatic heterocycles. The normalized spacial score (nSPS) is 14.7. The van der Waals surface area contributed by atoms with Gasteiger partial charge in [-0.2, -0.15) is 0 Å². The van der Waals surface area contributed by atoms with Gasteiger partial charge in [-0.1, -0.05) is 6.07 Å². The van der Waals surface area contributed by atoms with Crippen LogP contribution in [0, 0.1) is 6.92 Å². The van der Waals surface area contributed by atoms with Crippen molar-refractivity contribution in [2.24, 2.45) is 0 Å². The van der Waals surface area contributed by atoms with Crippen molar-refractivity contribution in [1.29, 1.82) is 0 Å². The molecule has 104 valence electrons. The first kappa shape index (κ1) is 12.7. The Morgan fingerprint density at radius 3 is 2.65 bits per heavy atom. The third-order valence-corrected chi connectivity index (χ3v) is 3.45. The van der Waals surface area contributed by atoms with Crippen molar-refractivity contribution in [1.82, 2.24) is 9.97 Å². The molecule has 1 heterocycles. The average molecular weight is 269 g/mol. The molecule has 1 saturated carbocycles. The van der Waals surface area contributed by atoms with Gasteiger partial charge in [-0.3, -0.25) is 0 Å². The van der Waals surface area contributed by atoms with E-state index in [1.54, 1.807) is 0 Å². The van der Waals surface area contributed by atoms with E-state index >= 15 is 0 Å². The molecule has 3 rings (SSSR count). The number of nitrogens with two attached hydrogens (primary N) is 1. The molecule has 0 saturated heterocycles. The van der Waals surface area contributed by atoms with E-state index < -0.39 is 0 Å². The molecule has 1 aromatic carbocycles. The molecule has 0 atom stereocenters. The van der Waals surface area contributed by atoms with Crippen LogP contribution in [0.1, 0.15) is 25.1 Å². The minimum atomic E-state index is 0.560. The third kappa shape index (κ3) is 2.99. The molecule has 0 bridgehead atoms. The van der Waals surface area contributed by atoms with Crippen LogP contribution < -0.4 is 16.4 Å². The van der Waals surface area contributed by atoms with Crippen LogP contribution in [0.2, 0.25) is 0 Å². The Morgan fingerprint density at radius 1 is 1.15 bits per heavy atom. The number of aromatic nitrogens is 2. The average Bonchev–Trinajstić information content (AvgIpc) is 2.33. The highest BCUT2D eigenvalue weighted by atomic mass is 15.1. The van der Waals surface area contributed by atoms with E-state index in [1.165, 1.54) is 19.3 Å². The van der Waals surface area contributed by atoms with Crippen LogP contribution in [0.3, 0.4) is 0 Å². The Hall–Kier alpha value is -2.30. The monoisotopic (exact) mass is 269 g/mol. The molecular formula is C15H19N5. The number of nitrogens with one attached hydrogen (secondary N) is 2. The van der Waals surface area contributed by atoms with Crippen LogP contribution in [-0.4, -0.2) is 16.0 Å². The molecule has 0 unspecified atom stereocenters. The summed E-state index contributed by atoms with van der Waals surface area (Å²) in [4.78, 5) is 8.83. The summed E-state index contributed by atoms with van der Waals surface area (Å²) in [5, 5.41) is 6.71. The zero-order valence-electron chi connectivity index (χ0n) is 11.6. The second kappa shape index (κ2) is 5.36. The first-order valence-corrected chi connectivity index (χ1v) is 6.94. The number of aryl methyl sites for hydroxylation is 1. The Balaban J connectivity index is 1.78. The highest BCUT2D eigenvalue weighted by molar-refractivity contribution is 5.63. The summed E-state index contributed by atoms with van der Waals surface area (Å²) in [5.41, 5.74) is 7.44. The fourth-order valence-electron chi connectivity index (χ4n) is 2.23. The molecule has 1 fully saturated rings. The van der Waals surface area contributed by atoms with Gasteiger partial charge < -0.3 is 16.4 Å². The van der Waals surface area contributed by atoms with Crippen molar-refractivity contribution in [3.8, 4) is 0 Å². The summed E-state index contributed by atoms with van der Waals surface area (Å²) in [6.07, 6.45) is 3.75. The number of anilines is 4. The maximum atomic E-state index is 5.78. The number of benzene rings is 1. The molecule has 1 aliphatic rings. The van der Waals surface area contributed by atoms with Crippen molar-refractivity contribution < 1.29 is 0 Å². The van der Waals surface area contributed by atoms with E-state index in [-0.39, 0.29) is 0 Å². The van der Waals surface area contributed by atoms with Crippen LogP contribution in [0.15, 0.2) is 30.3 Å². The smallest absolute Gasteiger partial charge is 0.136 e. The number of hydrogen-bond acceptors (Lipinski definition) is 5. The van der Waals surface area contributed by atoms with E-state index in [2.05, 4.69) is 20.6 Å². The first-order chi connectivity index (χ1) is 9.69. The van der Waals surface area contributed by atoms with Gasteiger partial charge in [0.1, 0.15) is 17.5 Å². The van der Waals surface area contributed by atoms with Crippen molar-refractivity contribution in [3.63, 3.8) is 0 Å². The maximum Gasteiger partial charge on any atom is 0.136 e. The summed E-state index contributed by atoms with van der Waals surface area (Å²) in [5.74, 6) is 2.42. The molecule has 1 aliphatic carbocycles. The van der Waals surface area contributed by atoms with Gasteiger partial charge in [0, 0.05) is 23.5 Å². The summed E-state index contributed by atoms with van der Waals surface area (Å²) in [7, 11) is 0. The predicted molar refractivity (Wildman–Crippen MR) is 82.2 cm³/mol. The van der Waals surface area contributed by atoms with E-state index in [4.69, 9.17) is 5.73 Å². The molecular weight excluding hydrogens is 250 g/mol. The largest absolute Gasteiger partial charge is 0.399 e. The lowest BCUT2D eigenvalue weighted by Crippen LogP contribution is -2.27. The topological polar surface area (TPSA) is 75.9 Å². The molecule has 5 nitrogen and oxygen atoms in total. The fraction of sp³-hybridized carbons (Fsp3) is 0.333. The highest BCUT2D eigenvalue weighted by Gasteiger charge is 2.17. The summed E-state index contributed by atoms with van der Waals surface area (Å²) >= 11 is 0. The van der Waals surface area contributed by atoms with Crippen molar-refractivity contribution in [3.05, 3.63) is 36.2 Å². The number of rotatable bonds is 4. The van der Waals surface area contributed by atoms with Crippen molar-refractivity contribution in [2.75, 3.05) is 16.4 Å². The summed E-state index contributed by atoms with van der Waals surface area (Å²) in [6.45, 7) is 1.90. The Morgan fingerprint density at radius 2 is 1.95 bits per heavy atom. The second-order valence-electron chi connectivity index (χ2n) is 5.21. The van der Waals surface area contributed by atoms with Crippen molar-refractivity contribution >= 4 is 23.0 Å². The van der Waals surface area contributed by atoms with Gasteiger partial charge in [-0.25, -0.2) is 9.97 Å². The lowest BCUT2D eigenvalue weighted by molar-refractivity contribution is 0.444. The lowest BCUT2D eigenvalue weighted by atomic mass is 9.93. The lowest BCUT2D eigenvalue weighted by Gasteiger charge is -2.27. The molecule has 4 N–H and O–H groups in total. The molecule has 2 aromatic rings. The van der Waals surface area contributed by atoms with Crippen LogP contribution >= 0.6 is 0 Å². The van der Waals surface area contributed by atoms with Gasteiger partial charge in [0.25, 0.3) is 0 Å². The quantitative estimate of drug-likeness (QED) is 0.744. The Kier molecular flexibility index (Phi) is 3.41. The molecule has 20 heavy (non-hydrogen) atoms. The van der Waals surface area contributed by atoms with Crippen LogP contribution in [-0.2, 0) is 0 Å². The van der Waals surface area contributed by atoms with E-state index in [1.807, 2.05) is 37.3 Å². The standard InChI is InChI=1S/C15H19N5/c1-10-17-14(19-12-5-3-6-12)9-15(18-10)20-13-7-2-4-11(16)8-13/h2,4,7-9,12H,3,5-6,16H2,1H3,(H2,17,18,19,20). The molecule has 5 heteroatoms. The molecule has 0 radical (unpaired) electrons. The van der Waals surface area contributed by atoms with E-state index in [9.17, 15) is 0 Å². The molecule has 1 aromatic heterocycles. The number of hydrogen-bond donors (Lipinski definition) is 3. The van der Waals surface area contributed by atoms with Gasteiger partial charge in [-0.05, 0) is 44.4 Å². The Bertz CT molecular complexity index is 607. The number of nitrogen functional groups attached to an aromatic ring is 1. The van der Waals surface area contributed by atoms with Gasteiger partial charge >= 0.3 is 0 Å². The summed E-state index contributed by atoms with van der Waals surface area (Å²) in [6, 6.07) is 10.1. The zero-order chi connectivity index (χ0) is 13.9. The fourth-order valence-corrected chi connectivity index (χ4v) is 2.23. The second-order valence-corrected chi connectivity index (χ2v) is 5.21. The van der Waals surface area contributed by atoms with Gasteiger partial charge in [0.05, 0.1) is 0 Å². The van der Waals surface area contributed by atoms with Crippen LogP contribution in [0.4, 0.5) is 23.0 Å².